The average Bonchev–Trinajstić information content (AvgIpc) is 4.13. The Morgan fingerprint density at radius 2 is 0.746 bits per heavy atom. The molecule has 14 rings (SSSR count). The van der Waals surface area contributed by atoms with Crippen molar-refractivity contribution in [2.75, 3.05) is 0 Å². The Morgan fingerprint density at radius 3 is 1.41 bits per heavy atom. The summed E-state index contributed by atoms with van der Waals surface area (Å²) in [6.07, 6.45) is 0. The van der Waals surface area contributed by atoms with E-state index in [0.717, 1.165) is 121 Å². The summed E-state index contributed by atoms with van der Waals surface area (Å²) in [4.78, 5) is 15.9. The van der Waals surface area contributed by atoms with E-state index in [0.29, 0.717) is 17.6 Å². The maximum absolute atomic E-state index is 6.38. The minimum absolute atomic E-state index is 0.522. The number of rotatable bonds is 7. The molecule has 0 aliphatic heterocycles. The summed E-state index contributed by atoms with van der Waals surface area (Å²) in [6, 6.07) is 80.7. The smallest absolute Gasteiger partial charge is 0.238 e. The maximum atomic E-state index is 6.38. The Hall–Kier alpha value is -9.39. The monoisotopic (exact) mass is 912 g/mol. The molecule has 336 valence electrons. The van der Waals surface area contributed by atoms with Gasteiger partial charge in [0.1, 0.15) is 22.3 Å². The van der Waals surface area contributed by atoms with Crippen molar-refractivity contribution >= 4 is 65.7 Å². The lowest BCUT2D eigenvalue weighted by molar-refractivity contribution is 0.668. The van der Waals surface area contributed by atoms with Crippen LogP contribution in [-0.4, -0.2) is 19.5 Å². The van der Waals surface area contributed by atoms with Crippen LogP contribution in [-0.2, 0) is 0 Å². The Labute approximate surface area is 409 Å². The van der Waals surface area contributed by atoms with Gasteiger partial charge in [-0.05, 0) is 99.6 Å². The second-order valence-corrected chi connectivity index (χ2v) is 17.6. The normalized spacial score (nSPS) is 11.5. The minimum atomic E-state index is 0.522. The highest BCUT2D eigenvalue weighted by Crippen LogP contribution is 2.42. The Bertz CT molecular complexity index is 4320. The summed E-state index contributed by atoms with van der Waals surface area (Å²) in [6.45, 7) is 4.00. The topological polar surface area (TPSA) is 69.9 Å². The molecule has 0 radical (unpaired) electrons. The largest absolute Gasteiger partial charge is 0.456 e. The lowest BCUT2D eigenvalue weighted by Crippen LogP contribution is -2.07. The average molecular weight is 913 g/mol. The summed E-state index contributed by atoms with van der Waals surface area (Å²) < 4.78 is 14.9. The van der Waals surface area contributed by atoms with Gasteiger partial charge in [0.05, 0.1) is 11.0 Å². The third kappa shape index (κ3) is 7.24. The molecule has 6 heteroatoms. The van der Waals surface area contributed by atoms with Crippen LogP contribution >= 0.6 is 0 Å². The van der Waals surface area contributed by atoms with Gasteiger partial charge >= 0.3 is 0 Å². The molecule has 0 unspecified atom stereocenters. The van der Waals surface area contributed by atoms with Crippen molar-refractivity contribution < 1.29 is 8.83 Å². The fourth-order valence-corrected chi connectivity index (χ4v) is 10.1. The molecule has 0 fully saturated rings. The second-order valence-electron chi connectivity index (χ2n) is 17.6. The number of para-hydroxylation sites is 3. The van der Waals surface area contributed by atoms with Crippen molar-refractivity contribution in [1.29, 1.82) is 0 Å². The number of nitrogens with zero attached hydrogens (tertiary/aromatic N) is 4. The number of furan rings is 2. The number of benzene rings is 10. The Morgan fingerprint density at radius 1 is 0.296 bits per heavy atom. The molecule has 6 nitrogen and oxygen atoms in total. The van der Waals surface area contributed by atoms with Crippen molar-refractivity contribution in [3.8, 4) is 73.2 Å². The fraction of sp³-hybridized carbons (Fsp3) is 0.0308. The molecule has 0 spiro atoms. The first-order valence-electron chi connectivity index (χ1n) is 24.2. The molecule has 4 aromatic heterocycles. The third-order valence-electron chi connectivity index (χ3n) is 13.5. The van der Waals surface area contributed by atoms with Crippen molar-refractivity contribution in [1.82, 2.24) is 19.5 Å². The van der Waals surface area contributed by atoms with Gasteiger partial charge in [-0.25, -0.2) is 4.98 Å². The van der Waals surface area contributed by atoms with Crippen LogP contribution in [0.4, 0.5) is 0 Å². The number of hydrogen-bond acceptors (Lipinski definition) is 5. The van der Waals surface area contributed by atoms with Crippen LogP contribution in [0.25, 0.3) is 139 Å². The molecule has 0 bridgehead atoms. The molecule has 0 aliphatic rings. The van der Waals surface area contributed by atoms with Crippen molar-refractivity contribution in [3.05, 3.63) is 231 Å². The number of hydrogen-bond donors (Lipinski definition) is 0. The zero-order valence-corrected chi connectivity index (χ0v) is 39.0. The number of fused-ring (bicyclic) bond motifs is 9. The highest BCUT2D eigenvalue weighted by molar-refractivity contribution is 6.15. The van der Waals surface area contributed by atoms with Crippen LogP contribution in [0.2, 0.25) is 0 Å². The highest BCUT2D eigenvalue weighted by atomic mass is 16.3. The van der Waals surface area contributed by atoms with Gasteiger partial charge in [-0.1, -0.05) is 184 Å². The van der Waals surface area contributed by atoms with E-state index >= 15 is 0 Å². The first-order chi connectivity index (χ1) is 35.2. The van der Waals surface area contributed by atoms with E-state index in [4.69, 9.17) is 23.8 Å². The van der Waals surface area contributed by atoms with E-state index in [9.17, 15) is 0 Å². The third-order valence-corrected chi connectivity index (χ3v) is 13.5. The molecule has 4 heterocycles. The van der Waals surface area contributed by atoms with Gasteiger partial charge in [0.2, 0.25) is 5.95 Å². The molecule has 10 aromatic carbocycles. The van der Waals surface area contributed by atoms with Gasteiger partial charge < -0.3 is 8.83 Å². The number of aromatic nitrogens is 4. The lowest BCUT2D eigenvalue weighted by atomic mass is 9.95. The van der Waals surface area contributed by atoms with Crippen LogP contribution in [0.5, 0.6) is 0 Å². The van der Waals surface area contributed by atoms with Crippen molar-refractivity contribution in [2.45, 2.75) is 13.8 Å². The Kier molecular flexibility index (Phi) is 10.2. The summed E-state index contributed by atoms with van der Waals surface area (Å²) in [5.74, 6) is 1.65. The van der Waals surface area contributed by atoms with E-state index < -0.39 is 0 Å². The summed E-state index contributed by atoms with van der Waals surface area (Å²) in [7, 11) is 0. The van der Waals surface area contributed by atoms with E-state index in [-0.39, 0.29) is 0 Å². The predicted octanol–water partition coefficient (Wildman–Crippen LogP) is 17.8. The van der Waals surface area contributed by atoms with E-state index in [2.05, 4.69) is 168 Å². The summed E-state index contributed by atoms with van der Waals surface area (Å²) >= 11 is 0. The van der Waals surface area contributed by atoms with E-state index in [1.54, 1.807) is 0 Å². The van der Waals surface area contributed by atoms with Gasteiger partial charge in [-0.3, -0.25) is 4.57 Å². The summed E-state index contributed by atoms with van der Waals surface area (Å²) in [5.41, 5.74) is 16.0. The first kappa shape index (κ1) is 41.8. The van der Waals surface area contributed by atoms with E-state index in [1.807, 2.05) is 80.6 Å². The van der Waals surface area contributed by atoms with Crippen LogP contribution in [0.1, 0.15) is 13.8 Å². The molecule has 0 amide bonds. The maximum Gasteiger partial charge on any atom is 0.238 e. The van der Waals surface area contributed by atoms with Gasteiger partial charge in [0.25, 0.3) is 0 Å². The zero-order chi connectivity index (χ0) is 47.4. The van der Waals surface area contributed by atoms with Crippen LogP contribution in [0.15, 0.2) is 239 Å². The van der Waals surface area contributed by atoms with Gasteiger partial charge in [-0.2, -0.15) is 9.97 Å². The van der Waals surface area contributed by atoms with Gasteiger partial charge in [-0.15, -0.1) is 0 Å². The molecule has 0 saturated heterocycles. The molecule has 71 heavy (non-hydrogen) atoms. The molecule has 0 aliphatic carbocycles. The molecule has 0 atom stereocenters. The minimum Gasteiger partial charge on any atom is -0.456 e. The van der Waals surface area contributed by atoms with E-state index in [1.165, 1.54) is 0 Å². The summed E-state index contributed by atoms with van der Waals surface area (Å²) in [5, 5.41) is 6.57. The zero-order valence-electron chi connectivity index (χ0n) is 39.0. The lowest BCUT2D eigenvalue weighted by Gasteiger charge is -2.14. The molecular weight excluding hydrogens is 869 g/mol. The van der Waals surface area contributed by atoms with Crippen LogP contribution < -0.4 is 0 Å². The van der Waals surface area contributed by atoms with Crippen molar-refractivity contribution in [3.63, 3.8) is 0 Å². The molecule has 0 saturated carbocycles. The van der Waals surface area contributed by atoms with Gasteiger partial charge in [0.15, 0.2) is 11.6 Å². The highest BCUT2D eigenvalue weighted by Gasteiger charge is 2.22. The van der Waals surface area contributed by atoms with Crippen LogP contribution in [0, 0.1) is 0 Å². The molecular formula is C65H44N4O2. The predicted molar refractivity (Wildman–Crippen MR) is 293 cm³/mol. The first-order valence-corrected chi connectivity index (χ1v) is 24.2. The Balaban J connectivity index is 0.00000243. The fourth-order valence-electron chi connectivity index (χ4n) is 10.1. The molecule has 14 aromatic rings. The SMILES string of the molecule is CC.c1ccc(-c2ccc3c(c2)c2cccc(-c4cccc(-c5cccc(-c6ccc7c(c6)oc6ccccc67)c5)c4)c2n3-c2nc(-c3ccccc3)nc(-c3ccc4c(c3)oc3ccccc34)n2)cc1. The quantitative estimate of drug-likeness (QED) is 0.159. The van der Waals surface area contributed by atoms with Crippen molar-refractivity contribution in [2.24, 2.45) is 0 Å². The molecule has 0 N–H and O–H groups in total. The van der Waals surface area contributed by atoms with Gasteiger partial charge in [0, 0.05) is 49.0 Å². The second kappa shape index (κ2) is 17.3. The standard InChI is InChI=1S/C63H38N4O2.C2H6/c1-3-14-39(15-4-1)44-30-33-55-54(36-44)53-25-13-24-48(46-21-12-20-43(35-46)41-18-11-19-42(34-41)45-28-31-51-49-22-7-9-26-56(49)68-58(51)37-45)60(53)67(55)63-65-61(40-16-5-2-6-17-40)64-62(66-63)47-29-32-52-50-23-8-10-27-57(50)69-59(52)38-47;1-2/h1-38H;1-2H3. The van der Waals surface area contributed by atoms with Crippen LogP contribution in [0.3, 0.4) is 0 Å².